The topological polar surface area (TPSA) is 63.6 Å². The second kappa shape index (κ2) is 5.41. The van der Waals surface area contributed by atoms with Crippen LogP contribution >= 0.6 is 11.8 Å². The van der Waals surface area contributed by atoms with Crippen LogP contribution in [-0.2, 0) is 16.0 Å². The molecular formula is C10H10O4S. The van der Waals surface area contributed by atoms with Crippen LogP contribution in [-0.4, -0.2) is 23.5 Å². The van der Waals surface area contributed by atoms with Crippen molar-refractivity contribution in [1.29, 1.82) is 0 Å². The zero-order valence-electron chi connectivity index (χ0n) is 8.10. The van der Waals surface area contributed by atoms with Crippen molar-refractivity contribution < 1.29 is 19.4 Å². The highest BCUT2D eigenvalue weighted by molar-refractivity contribution is 8.13. The van der Waals surface area contributed by atoms with E-state index in [2.05, 4.69) is 4.74 Å². The van der Waals surface area contributed by atoms with Gasteiger partial charge in [-0.05, 0) is 23.4 Å². The van der Waals surface area contributed by atoms with E-state index in [0.29, 0.717) is 10.5 Å². The molecule has 0 saturated heterocycles. The van der Waals surface area contributed by atoms with Crippen LogP contribution in [0.4, 0.5) is 4.79 Å². The Morgan fingerprint density at radius 3 is 2.67 bits per heavy atom. The highest BCUT2D eigenvalue weighted by atomic mass is 32.2. The van der Waals surface area contributed by atoms with Gasteiger partial charge < -0.3 is 9.84 Å². The normalized spacial score (nSPS) is 9.67. The highest BCUT2D eigenvalue weighted by Gasteiger charge is 2.10. The molecule has 1 rings (SSSR count). The van der Waals surface area contributed by atoms with Crippen LogP contribution in [0.2, 0.25) is 0 Å². The Bertz CT molecular complexity index is 375. The minimum atomic E-state index is -0.923. The number of hydrogen-bond acceptors (Lipinski definition) is 4. The lowest BCUT2D eigenvalue weighted by atomic mass is 10.1. The Hall–Kier alpha value is -1.49. The summed E-state index contributed by atoms with van der Waals surface area (Å²) in [5.74, 6) is -0.923. The Morgan fingerprint density at radius 2 is 2.07 bits per heavy atom. The summed E-state index contributed by atoms with van der Waals surface area (Å²) in [6.45, 7) is 0. The molecular weight excluding hydrogens is 216 g/mol. The summed E-state index contributed by atoms with van der Waals surface area (Å²) in [6.07, 6.45) is -0.0971. The number of hydrogen-bond donors (Lipinski definition) is 1. The number of thioether (sulfide) groups is 1. The minimum absolute atomic E-state index is 0.0971. The Kier molecular flexibility index (Phi) is 4.17. The lowest BCUT2D eigenvalue weighted by Crippen LogP contribution is -2.02. The molecule has 0 aliphatic heterocycles. The fraction of sp³-hybridized carbons (Fsp3) is 0.200. The number of carboxylic acids is 1. The van der Waals surface area contributed by atoms with Gasteiger partial charge in [-0.15, -0.1) is 0 Å². The summed E-state index contributed by atoms with van der Waals surface area (Å²) < 4.78 is 4.49. The van der Waals surface area contributed by atoms with Crippen molar-refractivity contribution in [1.82, 2.24) is 0 Å². The highest BCUT2D eigenvalue weighted by Crippen LogP contribution is 2.24. The van der Waals surface area contributed by atoms with Crippen molar-refractivity contribution in [2.24, 2.45) is 0 Å². The molecule has 0 unspecified atom stereocenters. The first kappa shape index (κ1) is 11.6. The van der Waals surface area contributed by atoms with E-state index in [1.165, 1.54) is 7.11 Å². The van der Waals surface area contributed by atoms with E-state index in [0.717, 1.165) is 11.8 Å². The number of rotatable bonds is 3. The van der Waals surface area contributed by atoms with E-state index >= 15 is 0 Å². The third kappa shape index (κ3) is 3.63. The van der Waals surface area contributed by atoms with Gasteiger partial charge >= 0.3 is 11.3 Å². The molecule has 0 fully saturated rings. The zero-order chi connectivity index (χ0) is 11.3. The van der Waals surface area contributed by atoms with Gasteiger partial charge in [-0.1, -0.05) is 18.2 Å². The third-order valence-corrected chi connectivity index (χ3v) is 2.63. The molecule has 0 atom stereocenters. The number of carbonyl (C=O) groups is 2. The SMILES string of the molecule is COC(=O)Sc1ccccc1CC(=O)O. The lowest BCUT2D eigenvalue weighted by Gasteiger charge is -2.04. The summed E-state index contributed by atoms with van der Waals surface area (Å²) in [4.78, 5) is 22.2. The van der Waals surface area contributed by atoms with Crippen LogP contribution in [0.1, 0.15) is 5.56 Å². The van der Waals surface area contributed by atoms with E-state index in [9.17, 15) is 9.59 Å². The zero-order valence-corrected chi connectivity index (χ0v) is 8.91. The van der Waals surface area contributed by atoms with Crippen LogP contribution in [0.15, 0.2) is 29.2 Å². The van der Waals surface area contributed by atoms with Crippen LogP contribution in [0, 0.1) is 0 Å². The number of ether oxygens (including phenoxy) is 1. The fourth-order valence-corrected chi connectivity index (χ4v) is 1.72. The van der Waals surface area contributed by atoms with Crippen LogP contribution in [0.25, 0.3) is 0 Å². The van der Waals surface area contributed by atoms with E-state index in [-0.39, 0.29) is 6.42 Å². The van der Waals surface area contributed by atoms with E-state index in [1.54, 1.807) is 24.3 Å². The van der Waals surface area contributed by atoms with Gasteiger partial charge in [-0.3, -0.25) is 4.79 Å². The van der Waals surface area contributed by atoms with Crippen molar-refractivity contribution in [3.63, 3.8) is 0 Å². The van der Waals surface area contributed by atoms with Gasteiger partial charge in [0.15, 0.2) is 0 Å². The predicted octanol–water partition coefficient (Wildman–Crippen LogP) is 2.17. The summed E-state index contributed by atoms with van der Waals surface area (Å²) in [7, 11) is 1.29. The maximum atomic E-state index is 11.0. The van der Waals surface area contributed by atoms with Crippen molar-refractivity contribution in [2.75, 3.05) is 7.11 Å². The first-order valence-electron chi connectivity index (χ1n) is 4.19. The molecule has 0 saturated carbocycles. The van der Waals surface area contributed by atoms with Crippen molar-refractivity contribution >= 4 is 23.0 Å². The van der Waals surface area contributed by atoms with Gasteiger partial charge in [0.2, 0.25) is 0 Å². The second-order valence-corrected chi connectivity index (χ2v) is 3.71. The third-order valence-electron chi connectivity index (χ3n) is 1.67. The number of aliphatic carboxylic acids is 1. The van der Waals surface area contributed by atoms with Crippen LogP contribution in [0.3, 0.4) is 0 Å². The molecule has 0 aliphatic carbocycles. The summed E-state index contributed by atoms with van der Waals surface area (Å²) in [6, 6.07) is 6.86. The summed E-state index contributed by atoms with van der Waals surface area (Å²) in [5, 5.41) is 8.21. The van der Waals surface area contributed by atoms with Crippen molar-refractivity contribution in [2.45, 2.75) is 11.3 Å². The Labute approximate surface area is 91.2 Å². The molecule has 0 spiro atoms. The number of carboxylic acid groups (broad SMARTS) is 1. The van der Waals surface area contributed by atoms with Crippen molar-refractivity contribution in [3.05, 3.63) is 29.8 Å². The molecule has 0 aliphatic rings. The van der Waals surface area contributed by atoms with E-state index in [1.807, 2.05) is 0 Å². The van der Waals surface area contributed by atoms with Gasteiger partial charge in [0.1, 0.15) is 0 Å². The molecule has 0 bridgehead atoms. The second-order valence-electron chi connectivity index (χ2n) is 2.73. The number of methoxy groups -OCH3 is 1. The van der Waals surface area contributed by atoms with Gasteiger partial charge in [-0.2, -0.15) is 0 Å². The van der Waals surface area contributed by atoms with E-state index < -0.39 is 11.3 Å². The Morgan fingerprint density at radius 1 is 1.40 bits per heavy atom. The molecule has 5 heteroatoms. The average molecular weight is 226 g/mol. The maximum absolute atomic E-state index is 11.0. The molecule has 0 aromatic heterocycles. The van der Waals surface area contributed by atoms with E-state index in [4.69, 9.17) is 5.11 Å². The minimum Gasteiger partial charge on any atom is -0.481 e. The fourth-order valence-electron chi connectivity index (χ4n) is 1.04. The molecule has 1 aromatic carbocycles. The predicted molar refractivity (Wildman–Crippen MR) is 56.0 cm³/mol. The lowest BCUT2D eigenvalue weighted by molar-refractivity contribution is -0.136. The summed E-state index contributed by atoms with van der Waals surface area (Å²) >= 11 is 0.888. The average Bonchev–Trinajstić information content (AvgIpc) is 2.20. The van der Waals surface area contributed by atoms with Crippen molar-refractivity contribution in [3.8, 4) is 0 Å². The molecule has 80 valence electrons. The molecule has 15 heavy (non-hydrogen) atoms. The molecule has 0 heterocycles. The van der Waals surface area contributed by atoms with Crippen LogP contribution in [0.5, 0.6) is 0 Å². The molecule has 0 amide bonds. The number of benzene rings is 1. The monoisotopic (exact) mass is 226 g/mol. The van der Waals surface area contributed by atoms with Gasteiger partial charge in [0.05, 0.1) is 13.5 Å². The first-order chi connectivity index (χ1) is 7.13. The number of carbonyl (C=O) groups excluding carboxylic acids is 1. The molecule has 1 N–H and O–H groups in total. The Balaban J connectivity index is 2.85. The molecule has 4 nitrogen and oxygen atoms in total. The quantitative estimate of drug-likeness (QED) is 0.632. The van der Waals surface area contributed by atoms with Gasteiger partial charge in [0, 0.05) is 4.90 Å². The smallest absolute Gasteiger partial charge is 0.371 e. The van der Waals surface area contributed by atoms with Gasteiger partial charge in [-0.25, -0.2) is 4.79 Å². The first-order valence-corrected chi connectivity index (χ1v) is 5.00. The summed E-state index contributed by atoms with van der Waals surface area (Å²) in [5.41, 5.74) is 0.611. The maximum Gasteiger partial charge on any atom is 0.371 e. The molecule has 1 aromatic rings. The molecule has 0 radical (unpaired) electrons. The van der Waals surface area contributed by atoms with Crippen LogP contribution < -0.4 is 0 Å². The standard InChI is InChI=1S/C10H10O4S/c1-14-10(13)15-8-5-3-2-4-7(8)6-9(11)12/h2-5H,6H2,1H3,(H,11,12). The van der Waals surface area contributed by atoms with Gasteiger partial charge in [0.25, 0.3) is 0 Å². The largest absolute Gasteiger partial charge is 0.481 e.